The lowest BCUT2D eigenvalue weighted by Crippen LogP contribution is -2.51. The maximum Gasteiger partial charge on any atom is 0.234 e. The first-order chi connectivity index (χ1) is 13.2. The van der Waals surface area contributed by atoms with Gasteiger partial charge >= 0.3 is 0 Å². The van der Waals surface area contributed by atoms with Gasteiger partial charge in [-0.3, -0.25) is 14.6 Å². The number of hydrogen-bond donors (Lipinski definition) is 1. The quantitative estimate of drug-likeness (QED) is 0.777. The van der Waals surface area contributed by atoms with Crippen molar-refractivity contribution < 1.29 is 4.79 Å². The Morgan fingerprint density at radius 1 is 1.11 bits per heavy atom. The van der Waals surface area contributed by atoms with E-state index in [1.165, 1.54) is 0 Å². The van der Waals surface area contributed by atoms with Crippen molar-refractivity contribution >= 4 is 18.1 Å². The highest BCUT2D eigenvalue weighted by molar-refractivity contribution is 7.71. The Hall–Kier alpha value is -2.03. The highest BCUT2D eigenvalue weighted by atomic mass is 32.1. The number of aromatic nitrogens is 3. The van der Waals surface area contributed by atoms with E-state index >= 15 is 0 Å². The van der Waals surface area contributed by atoms with Crippen LogP contribution in [0.4, 0.5) is 0 Å². The van der Waals surface area contributed by atoms with E-state index in [0.717, 1.165) is 37.6 Å². The zero-order valence-corrected chi connectivity index (χ0v) is 18.0. The van der Waals surface area contributed by atoms with Crippen molar-refractivity contribution in [2.75, 3.05) is 32.7 Å². The maximum absolute atomic E-state index is 12.1. The third-order valence-corrected chi connectivity index (χ3v) is 5.24. The molecular weight excluding hydrogens is 372 g/mol. The minimum absolute atomic E-state index is 0.0837. The molecule has 7 nitrogen and oxygen atoms in total. The minimum atomic E-state index is -0.190. The molecule has 0 unspecified atom stereocenters. The highest BCUT2D eigenvalue weighted by Gasteiger charge is 2.22. The van der Waals surface area contributed by atoms with Crippen LogP contribution in [-0.2, 0) is 18.5 Å². The number of carbonyl (C=O) groups excluding carboxylic acids is 1. The maximum atomic E-state index is 12.1. The molecule has 1 saturated heterocycles. The molecule has 0 saturated carbocycles. The first-order valence-electron chi connectivity index (χ1n) is 9.68. The van der Waals surface area contributed by atoms with Crippen molar-refractivity contribution in [3.63, 3.8) is 0 Å². The molecule has 0 atom stereocenters. The van der Waals surface area contributed by atoms with Crippen LogP contribution in [0.15, 0.2) is 30.3 Å². The standard InChI is InChI=1S/C20H30N6OS/c1-20(2,3)21-17(27)14-24-10-12-25(13-11-24)15-26-19(28)23(4)18(22-26)16-8-6-5-7-9-16/h5-9H,10-15H2,1-4H3,(H,21,27). The van der Waals surface area contributed by atoms with Crippen LogP contribution in [0, 0.1) is 4.77 Å². The smallest absolute Gasteiger partial charge is 0.234 e. The van der Waals surface area contributed by atoms with E-state index in [0.29, 0.717) is 18.0 Å². The molecule has 1 fully saturated rings. The van der Waals surface area contributed by atoms with E-state index in [1.807, 2.05) is 67.4 Å². The zero-order valence-electron chi connectivity index (χ0n) is 17.2. The highest BCUT2D eigenvalue weighted by Crippen LogP contribution is 2.17. The molecule has 1 N–H and O–H groups in total. The number of amides is 1. The average Bonchev–Trinajstić information content (AvgIpc) is 2.91. The summed E-state index contributed by atoms with van der Waals surface area (Å²) in [7, 11) is 1.96. The number of benzene rings is 1. The summed E-state index contributed by atoms with van der Waals surface area (Å²) in [6, 6.07) is 10.1. The van der Waals surface area contributed by atoms with Gasteiger partial charge in [0.25, 0.3) is 0 Å². The molecule has 8 heteroatoms. The average molecular weight is 403 g/mol. The van der Waals surface area contributed by atoms with Gasteiger partial charge in [-0.25, -0.2) is 4.68 Å². The Balaban J connectivity index is 1.57. The van der Waals surface area contributed by atoms with Crippen molar-refractivity contribution in [1.82, 2.24) is 29.5 Å². The van der Waals surface area contributed by atoms with E-state index in [2.05, 4.69) is 15.1 Å². The number of hydrogen-bond acceptors (Lipinski definition) is 5. The SMILES string of the molecule is Cn1c(-c2ccccc2)nn(CN2CCN(CC(=O)NC(C)(C)C)CC2)c1=S. The van der Waals surface area contributed by atoms with Crippen LogP contribution in [0.25, 0.3) is 11.4 Å². The third-order valence-electron chi connectivity index (χ3n) is 4.75. The summed E-state index contributed by atoms with van der Waals surface area (Å²) in [5, 5.41) is 7.76. The van der Waals surface area contributed by atoms with Gasteiger partial charge in [0.05, 0.1) is 13.2 Å². The van der Waals surface area contributed by atoms with Crippen LogP contribution in [-0.4, -0.2) is 68.3 Å². The Morgan fingerprint density at radius 3 is 2.32 bits per heavy atom. The molecule has 1 aromatic carbocycles. The van der Waals surface area contributed by atoms with Crippen LogP contribution in [0.3, 0.4) is 0 Å². The Morgan fingerprint density at radius 2 is 1.71 bits per heavy atom. The van der Waals surface area contributed by atoms with Gasteiger partial charge in [-0.1, -0.05) is 30.3 Å². The first kappa shape index (κ1) is 20.7. The fraction of sp³-hybridized carbons (Fsp3) is 0.550. The molecule has 0 radical (unpaired) electrons. The van der Waals surface area contributed by atoms with Crippen LogP contribution >= 0.6 is 12.2 Å². The second-order valence-corrected chi connectivity index (χ2v) is 8.73. The zero-order chi connectivity index (χ0) is 20.3. The molecular formula is C20H30N6OS. The number of nitrogens with one attached hydrogen (secondary N) is 1. The molecule has 152 valence electrons. The van der Waals surface area contributed by atoms with Gasteiger partial charge in [0.1, 0.15) is 0 Å². The number of rotatable bonds is 5. The predicted molar refractivity (Wildman–Crippen MR) is 113 cm³/mol. The molecule has 3 rings (SSSR count). The van der Waals surface area contributed by atoms with Gasteiger partial charge in [-0.2, -0.15) is 5.10 Å². The second-order valence-electron chi connectivity index (χ2n) is 8.36. The molecule has 1 amide bonds. The van der Waals surface area contributed by atoms with Gasteiger partial charge in [-0.15, -0.1) is 0 Å². The molecule has 0 bridgehead atoms. The van der Waals surface area contributed by atoms with Crippen molar-refractivity contribution in [3.8, 4) is 11.4 Å². The lowest BCUT2D eigenvalue weighted by Gasteiger charge is -2.34. The van der Waals surface area contributed by atoms with Crippen LogP contribution in [0.5, 0.6) is 0 Å². The normalized spacial score (nSPS) is 16.3. The summed E-state index contributed by atoms with van der Waals surface area (Å²) in [4.78, 5) is 16.7. The molecule has 1 aliphatic rings. The fourth-order valence-corrected chi connectivity index (χ4v) is 3.54. The van der Waals surface area contributed by atoms with Gasteiger partial charge in [0.2, 0.25) is 5.91 Å². The lowest BCUT2D eigenvalue weighted by molar-refractivity contribution is -0.124. The first-order valence-corrected chi connectivity index (χ1v) is 10.1. The Bertz CT molecular complexity index is 859. The Labute approximate surface area is 171 Å². The summed E-state index contributed by atoms with van der Waals surface area (Å²) < 4.78 is 4.56. The molecule has 0 aliphatic carbocycles. The van der Waals surface area contributed by atoms with Gasteiger partial charge in [0.15, 0.2) is 10.6 Å². The number of nitrogens with zero attached hydrogens (tertiary/aromatic N) is 5. The molecule has 0 spiro atoms. The molecule has 2 heterocycles. The van der Waals surface area contributed by atoms with E-state index in [-0.39, 0.29) is 11.4 Å². The van der Waals surface area contributed by atoms with Crippen molar-refractivity contribution in [1.29, 1.82) is 0 Å². The monoisotopic (exact) mass is 402 g/mol. The van der Waals surface area contributed by atoms with Crippen LogP contribution in [0.2, 0.25) is 0 Å². The summed E-state index contributed by atoms with van der Waals surface area (Å²) in [6.07, 6.45) is 0. The van der Waals surface area contributed by atoms with Crippen molar-refractivity contribution in [3.05, 3.63) is 35.1 Å². The van der Waals surface area contributed by atoms with Gasteiger partial charge < -0.3 is 9.88 Å². The summed E-state index contributed by atoms with van der Waals surface area (Å²) in [5.74, 6) is 0.962. The van der Waals surface area contributed by atoms with Gasteiger partial charge in [-0.05, 0) is 33.0 Å². The molecule has 1 aliphatic heterocycles. The van der Waals surface area contributed by atoms with E-state index in [9.17, 15) is 4.79 Å². The largest absolute Gasteiger partial charge is 0.350 e. The molecule has 1 aromatic heterocycles. The van der Waals surface area contributed by atoms with Crippen molar-refractivity contribution in [2.45, 2.75) is 33.0 Å². The fourth-order valence-electron chi connectivity index (χ4n) is 3.36. The lowest BCUT2D eigenvalue weighted by atomic mass is 10.1. The molecule has 28 heavy (non-hydrogen) atoms. The third kappa shape index (κ3) is 5.27. The van der Waals surface area contributed by atoms with Crippen molar-refractivity contribution in [2.24, 2.45) is 7.05 Å². The summed E-state index contributed by atoms with van der Waals surface area (Å²) in [5.41, 5.74) is 0.870. The van der Waals surface area contributed by atoms with Crippen LogP contribution < -0.4 is 5.32 Å². The van der Waals surface area contributed by atoms with E-state index in [1.54, 1.807) is 0 Å². The van der Waals surface area contributed by atoms with E-state index in [4.69, 9.17) is 17.3 Å². The topological polar surface area (TPSA) is 58.3 Å². The second kappa shape index (κ2) is 8.55. The van der Waals surface area contributed by atoms with Gasteiger partial charge in [0, 0.05) is 44.3 Å². The number of carbonyl (C=O) groups is 1. The van der Waals surface area contributed by atoms with Crippen LogP contribution in [0.1, 0.15) is 20.8 Å². The molecule has 2 aromatic rings. The predicted octanol–water partition coefficient (Wildman–Crippen LogP) is 2.11. The summed E-state index contributed by atoms with van der Waals surface area (Å²) >= 11 is 5.59. The summed E-state index contributed by atoms with van der Waals surface area (Å²) in [6.45, 7) is 10.6. The number of piperazine rings is 1. The Kier molecular flexibility index (Phi) is 6.32. The minimum Gasteiger partial charge on any atom is -0.350 e. The van der Waals surface area contributed by atoms with E-state index < -0.39 is 0 Å².